The van der Waals surface area contributed by atoms with Gasteiger partial charge in [0.15, 0.2) is 0 Å². The highest BCUT2D eigenvalue weighted by Crippen LogP contribution is 2.10. The minimum atomic E-state index is 0.660. The van der Waals surface area contributed by atoms with Crippen molar-refractivity contribution in [3.63, 3.8) is 0 Å². The van der Waals surface area contributed by atoms with Gasteiger partial charge in [-0.15, -0.1) is 0 Å². The lowest BCUT2D eigenvalue weighted by atomic mass is 10.1. The average molecular weight is 236 g/mol. The van der Waals surface area contributed by atoms with E-state index < -0.39 is 0 Å². The zero-order valence-electron chi connectivity index (χ0n) is 11.1. The lowest BCUT2D eigenvalue weighted by Crippen LogP contribution is -2.30. The van der Waals surface area contributed by atoms with Crippen LogP contribution in [0.15, 0.2) is 24.3 Å². The van der Waals surface area contributed by atoms with Crippen LogP contribution in [0.25, 0.3) is 0 Å². The molecule has 0 aromatic heterocycles. The number of nitrogens with two attached hydrogens (primary N) is 1. The molecule has 0 radical (unpaired) electrons. The van der Waals surface area contributed by atoms with E-state index in [4.69, 9.17) is 10.5 Å². The maximum absolute atomic E-state index is 5.79. The zero-order chi connectivity index (χ0) is 12.7. The highest BCUT2D eigenvalue weighted by atomic mass is 16.5. The van der Waals surface area contributed by atoms with Crippen molar-refractivity contribution in [1.29, 1.82) is 0 Å². The molecule has 0 atom stereocenters. The molecule has 0 aliphatic carbocycles. The number of nitrogens with zero attached hydrogens (tertiary/aromatic N) is 1. The molecular weight excluding hydrogens is 212 g/mol. The number of hydrogen-bond donors (Lipinski definition) is 1. The summed E-state index contributed by atoms with van der Waals surface area (Å²) in [5.74, 6) is 0.660. The zero-order valence-corrected chi connectivity index (χ0v) is 11.1. The van der Waals surface area contributed by atoms with Gasteiger partial charge in [0, 0.05) is 32.4 Å². The fourth-order valence-electron chi connectivity index (χ4n) is 1.92. The van der Waals surface area contributed by atoms with Gasteiger partial charge in [0.2, 0.25) is 0 Å². The molecule has 1 rings (SSSR count). The van der Waals surface area contributed by atoms with E-state index in [9.17, 15) is 0 Å². The third-order valence-electron chi connectivity index (χ3n) is 2.59. The Morgan fingerprint density at radius 2 is 2.12 bits per heavy atom. The first-order valence-electron chi connectivity index (χ1n) is 6.17. The lowest BCUT2D eigenvalue weighted by Gasteiger charge is -2.24. The van der Waals surface area contributed by atoms with Crippen LogP contribution in [0.2, 0.25) is 0 Å². The molecule has 0 fully saturated rings. The first-order valence-corrected chi connectivity index (χ1v) is 6.17. The summed E-state index contributed by atoms with van der Waals surface area (Å²) in [4.78, 5) is 2.41. The highest BCUT2D eigenvalue weighted by molar-refractivity contribution is 5.40. The molecule has 0 unspecified atom stereocenters. The number of nitrogen functional groups attached to an aromatic ring is 1. The quantitative estimate of drug-likeness (QED) is 0.739. The number of rotatable bonds is 7. The minimum Gasteiger partial charge on any atom is -0.399 e. The van der Waals surface area contributed by atoms with Crippen molar-refractivity contribution in [2.45, 2.75) is 20.4 Å². The predicted molar refractivity (Wildman–Crippen MR) is 72.8 cm³/mol. The maximum Gasteiger partial charge on any atom is 0.0589 e. The van der Waals surface area contributed by atoms with Crippen LogP contribution in [0.3, 0.4) is 0 Å². The largest absolute Gasteiger partial charge is 0.399 e. The van der Waals surface area contributed by atoms with Gasteiger partial charge in [-0.2, -0.15) is 0 Å². The smallest absolute Gasteiger partial charge is 0.0589 e. The normalized spacial score (nSPS) is 11.4. The third kappa shape index (κ3) is 5.71. The molecule has 3 heteroatoms. The SMILES string of the molecule is COCCN(Cc1cccc(N)c1)CC(C)C. The second-order valence-corrected chi connectivity index (χ2v) is 4.87. The fourth-order valence-corrected chi connectivity index (χ4v) is 1.92. The third-order valence-corrected chi connectivity index (χ3v) is 2.59. The summed E-state index contributed by atoms with van der Waals surface area (Å²) in [5.41, 5.74) is 7.89. The van der Waals surface area contributed by atoms with Gasteiger partial charge in [-0.1, -0.05) is 26.0 Å². The van der Waals surface area contributed by atoms with Crippen LogP contribution in [-0.2, 0) is 11.3 Å². The van der Waals surface area contributed by atoms with Gasteiger partial charge in [0.05, 0.1) is 6.61 Å². The van der Waals surface area contributed by atoms with Crippen molar-refractivity contribution in [1.82, 2.24) is 4.90 Å². The van der Waals surface area contributed by atoms with Gasteiger partial charge in [-0.05, 0) is 23.6 Å². The molecule has 2 N–H and O–H groups in total. The van der Waals surface area contributed by atoms with Crippen LogP contribution in [0.5, 0.6) is 0 Å². The second kappa shape index (κ2) is 7.30. The molecular formula is C14H24N2O. The molecule has 3 nitrogen and oxygen atoms in total. The molecule has 1 aromatic carbocycles. The molecule has 17 heavy (non-hydrogen) atoms. The van der Waals surface area contributed by atoms with Crippen molar-refractivity contribution in [3.8, 4) is 0 Å². The first-order chi connectivity index (χ1) is 8.11. The van der Waals surface area contributed by atoms with Gasteiger partial charge in [0.1, 0.15) is 0 Å². The molecule has 0 aliphatic heterocycles. The van der Waals surface area contributed by atoms with Crippen LogP contribution in [-0.4, -0.2) is 31.7 Å². The van der Waals surface area contributed by atoms with Crippen LogP contribution in [0.1, 0.15) is 19.4 Å². The minimum absolute atomic E-state index is 0.660. The van der Waals surface area contributed by atoms with E-state index in [0.717, 1.165) is 31.9 Å². The molecule has 0 heterocycles. The predicted octanol–water partition coefficient (Wildman–Crippen LogP) is 2.37. The number of hydrogen-bond acceptors (Lipinski definition) is 3. The van der Waals surface area contributed by atoms with E-state index in [1.165, 1.54) is 5.56 Å². The van der Waals surface area contributed by atoms with Crippen molar-refractivity contribution < 1.29 is 4.74 Å². The number of methoxy groups -OCH3 is 1. The van der Waals surface area contributed by atoms with Crippen molar-refractivity contribution in [2.75, 3.05) is 32.5 Å². The van der Waals surface area contributed by atoms with Gasteiger partial charge in [0.25, 0.3) is 0 Å². The Hall–Kier alpha value is -1.06. The lowest BCUT2D eigenvalue weighted by molar-refractivity contribution is 0.136. The van der Waals surface area contributed by atoms with E-state index in [2.05, 4.69) is 24.8 Å². The Morgan fingerprint density at radius 1 is 1.35 bits per heavy atom. The Bertz CT molecular complexity index is 326. The average Bonchev–Trinajstić information content (AvgIpc) is 2.25. The summed E-state index contributed by atoms with van der Waals surface area (Å²) < 4.78 is 5.15. The number of benzene rings is 1. The standard InChI is InChI=1S/C14H24N2O/c1-12(2)10-16(7-8-17-3)11-13-5-4-6-14(15)9-13/h4-6,9,12H,7-8,10-11,15H2,1-3H3. The van der Waals surface area contributed by atoms with E-state index in [-0.39, 0.29) is 0 Å². The molecule has 96 valence electrons. The van der Waals surface area contributed by atoms with E-state index in [0.29, 0.717) is 5.92 Å². The molecule has 0 spiro atoms. The molecule has 0 aliphatic rings. The van der Waals surface area contributed by atoms with E-state index >= 15 is 0 Å². The molecule has 0 saturated carbocycles. The summed E-state index contributed by atoms with van der Waals surface area (Å²) in [7, 11) is 1.74. The molecule has 0 amide bonds. The maximum atomic E-state index is 5.79. The Labute approximate surface area is 105 Å². The van der Waals surface area contributed by atoms with Gasteiger partial charge in [-0.3, -0.25) is 4.90 Å². The summed E-state index contributed by atoms with van der Waals surface area (Å²) in [6.45, 7) is 8.22. The van der Waals surface area contributed by atoms with Crippen molar-refractivity contribution in [3.05, 3.63) is 29.8 Å². The van der Waals surface area contributed by atoms with E-state index in [1.54, 1.807) is 7.11 Å². The summed E-state index contributed by atoms with van der Waals surface area (Å²) in [5, 5.41) is 0. The van der Waals surface area contributed by atoms with Gasteiger partial charge >= 0.3 is 0 Å². The van der Waals surface area contributed by atoms with Crippen LogP contribution >= 0.6 is 0 Å². The highest BCUT2D eigenvalue weighted by Gasteiger charge is 2.08. The second-order valence-electron chi connectivity index (χ2n) is 4.87. The molecule has 0 bridgehead atoms. The van der Waals surface area contributed by atoms with E-state index in [1.807, 2.05) is 18.2 Å². The Kier molecular flexibility index (Phi) is 6.01. The monoisotopic (exact) mass is 236 g/mol. The topological polar surface area (TPSA) is 38.5 Å². The molecule has 0 saturated heterocycles. The van der Waals surface area contributed by atoms with Crippen molar-refractivity contribution >= 4 is 5.69 Å². The van der Waals surface area contributed by atoms with Crippen LogP contribution < -0.4 is 5.73 Å². The van der Waals surface area contributed by atoms with Crippen LogP contribution in [0, 0.1) is 5.92 Å². The van der Waals surface area contributed by atoms with Gasteiger partial charge in [-0.25, -0.2) is 0 Å². The summed E-state index contributed by atoms with van der Waals surface area (Å²) in [6, 6.07) is 8.09. The summed E-state index contributed by atoms with van der Waals surface area (Å²) >= 11 is 0. The fraction of sp³-hybridized carbons (Fsp3) is 0.571. The number of anilines is 1. The number of ether oxygens (including phenoxy) is 1. The Balaban J connectivity index is 2.58. The Morgan fingerprint density at radius 3 is 2.71 bits per heavy atom. The van der Waals surface area contributed by atoms with Crippen LogP contribution in [0.4, 0.5) is 5.69 Å². The van der Waals surface area contributed by atoms with Gasteiger partial charge < -0.3 is 10.5 Å². The first kappa shape index (κ1) is 14.0. The van der Waals surface area contributed by atoms with Crippen molar-refractivity contribution in [2.24, 2.45) is 5.92 Å². The summed E-state index contributed by atoms with van der Waals surface area (Å²) in [6.07, 6.45) is 0. The molecule has 1 aromatic rings.